The predicted molar refractivity (Wildman–Crippen MR) is 118 cm³/mol. The number of nitrogens with one attached hydrogen (secondary N) is 1. The average Bonchev–Trinajstić information content (AvgIpc) is 3.16. The Bertz CT molecular complexity index is 1320. The second kappa shape index (κ2) is 7.00. The summed E-state index contributed by atoms with van der Waals surface area (Å²) in [5.41, 5.74) is 8.62. The molecular formula is C23H18ClN5O. The van der Waals surface area contributed by atoms with Gasteiger partial charge in [0.15, 0.2) is 5.82 Å². The highest BCUT2D eigenvalue weighted by molar-refractivity contribution is 6.30. The van der Waals surface area contributed by atoms with Crippen LogP contribution in [0.5, 0.6) is 0 Å². The van der Waals surface area contributed by atoms with Crippen LogP contribution in [0, 0.1) is 0 Å². The van der Waals surface area contributed by atoms with Crippen molar-refractivity contribution < 1.29 is 4.79 Å². The van der Waals surface area contributed by atoms with Crippen LogP contribution in [0.25, 0.3) is 22.2 Å². The number of hydrogen-bond acceptors (Lipinski definition) is 4. The van der Waals surface area contributed by atoms with Crippen molar-refractivity contribution in [1.29, 1.82) is 0 Å². The first-order valence-electron chi connectivity index (χ1n) is 9.50. The van der Waals surface area contributed by atoms with Crippen LogP contribution in [0.1, 0.15) is 18.5 Å². The number of allylic oxidation sites excluding steroid dienone is 1. The highest BCUT2D eigenvalue weighted by Gasteiger charge is 2.33. The quantitative estimate of drug-likeness (QED) is 0.515. The van der Waals surface area contributed by atoms with Gasteiger partial charge in [-0.15, -0.1) is 5.10 Å². The number of fused-ring (bicyclic) bond motifs is 2. The van der Waals surface area contributed by atoms with Crippen molar-refractivity contribution in [2.75, 3.05) is 5.32 Å². The fourth-order valence-electron chi connectivity index (χ4n) is 3.96. The third-order valence-corrected chi connectivity index (χ3v) is 5.59. The number of nitrogens with two attached hydrogens (primary N) is 1. The minimum Gasteiger partial charge on any atom is -0.366 e. The Balaban J connectivity index is 1.71. The highest BCUT2D eigenvalue weighted by atomic mass is 35.5. The van der Waals surface area contributed by atoms with Crippen LogP contribution in [0.3, 0.4) is 0 Å². The number of carbonyl (C=O) groups excluding carboxylic acids is 1. The first kappa shape index (κ1) is 18.4. The van der Waals surface area contributed by atoms with Crippen molar-refractivity contribution in [2.45, 2.75) is 13.0 Å². The van der Waals surface area contributed by atoms with Crippen LogP contribution in [0.15, 0.2) is 78.0 Å². The molecular weight excluding hydrogens is 398 g/mol. The summed E-state index contributed by atoms with van der Waals surface area (Å²) >= 11 is 6.07. The minimum absolute atomic E-state index is 0.444. The summed E-state index contributed by atoms with van der Waals surface area (Å²) in [7, 11) is 0. The van der Waals surface area contributed by atoms with Crippen molar-refractivity contribution in [3.8, 4) is 11.4 Å². The molecule has 148 valence electrons. The van der Waals surface area contributed by atoms with Crippen LogP contribution < -0.4 is 11.1 Å². The summed E-state index contributed by atoms with van der Waals surface area (Å²) < 4.78 is 1.72. The van der Waals surface area contributed by atoms with Gasteiger partial charge in [-0.2, -0.15) is 4.98 Å². The average molecular weight is 416 g/mol. The van der Waals surface area contributed by atoms with Crippen molar-refractivity contribution in [3.63, 3.8) is 0 Å². The summed E-state index contributed by atoms with van der Waals surface area (Å²) in [6.07, 6.45) is 0. The van der Waals surface area contributed by atoms with E-state index in [0.29, 0.717) is 28.1 Å². The minimum atomic E-state index is -0.507. The molecule has 0 saturated carbocycles. The molecule has 1 atom stereocenters. The van der Waals surface area contributed by atoms with Gasteiger partial charge in [-0.05, 0) is 35.4 Å². The van der Waals surface area contributed by atoms with Gasteiger partial charge in [0.2, 0.25) is 11.9 Å². The Labute approximate surface area is 178 Å². The third kappa shape index (κ3) is 2.93. The van der Waals surface area contributed by atoms with Crippen LogP contribution in [0.2, 0.25) is 5.02 Å². The predicted octanol–water partition coefficient (Wildman–Crippen LogP) is 4.53. The zero-order valence-corrected chi connectivity index (χ0v) is 16.9. The first-order valence-corrected chi connectivity index (χ1v) is 9.88. The van der Waals surface area contributed by atoms with Crippen LogP contribution in [-0.4, -0.2) is 20.7 Å². The van der Waals surface area contributed by atoms with Gasteiger partial charge < -0.3 is 11.1 Å². The molecule has 1 aliphatic rings. The summed E-state index contributed by atoms with van der Waals surface area (Å²) in [5, 5.41) is 10.8. The number of rotatable bonds is 3. The molecule has 7 heteroatoms. The van der Waals surface area contributed by atoms with Crippen LogP contribution in [-0.2, 0) is 4.79 Å². The Morgan fingerprint density at radius 1 is 1.07 bits per heavy atom. The van der Waals surface area contributed by atoms with E-state index in [0.717, 1.165) is 21.9 Å². The summed E-state index contributed by atoms with van der Waals surface area (Å²) in [5.74, 6) is 0.625. The zero-order chi connectivity index (χ0) is 20.8. The van der Waals surface area contributed by atoms with E-state index in [1.165, 1.54) is 0 Å². The molecule has 0 bridgehead atoms. The van der Waals surface area contributed by atoms with E-state index in [9.17, 15) is 4.79 Å². The smallest absolute Gasteiger partial charge is 0.248 e. The van der Waals surface area contributed by atoms with E-state index in [1.807, 2.05) is 49.4 Å². The van der Waals surface area contributed by atoms with E-state index in [-0.39, 0.29) is 0 Å². The van der Waals surface area contributed by atoms with E-state index >= 15 is 0 Å². The van der Waals surface area contributed by atoms with Gasteiger partial charge in [0.25, 0.3) is 0 Å². The number of amides is 1. The summed E-state index contributed by atoms with van der Waals surface area (Å²) in [6.45, 7) is 1.82. The number of nitrogens with zero attached hydrogens (tertiary/aromatic N) is 3. The molecule has 0 aliphatic carbocycles. The van der Waals surface area contributed by atoms with Crippen LogP contribution >= 0.6 is 11.6 Å². The maximum Gasteiger partial charge on any atom is 0.248 e. The second-order valence-corrected chi connectivity index (χ2v) is 7.65. The molecule has 4 aromatic rings. The summed E-state index contributed by atoms with van der Waals surface area (Å²) in [6, 6.07) is 21.0. The van der Waals surface area contributed by atoms with E-state index < -0.39 is 11.9 Å². The third-order valence-electron chi connectivity index (χ3n) is 5.33. The lowest BCUT2D eigenvalue weighted by molar-refractivity contribution is -0.115. The molecule has 30 heavy (non-hydrogen) atoms. The normalized spacial score (nSPS) is 15.7. The number of aromatic nitrogens is 3. The highest BCUT2D eigenvalue weighted by Crippen LogP contribution is 2.37. The van der Waals surface area contributed by atoms with Gasteiger partial charge in [0, 0.05) is 16.3 Å². The number of anilines is 1. The van der Waals surface area contributed by atoms with Crippen molar-refractivity contribution in [1.82, 2.24) is 14.8 Å². The van der Waals surface area contributed by atoms with Crippen molar-refractivity contribution >= 4 is 34.2 Å². The van der Waals surface area contributed by atoms with Crippen molar-refractivity contribution in [2.24, 2.45) is 5.73 Å². The molecule has 6 nitrogen and oxygen atoms in total. The van der Waals surface area contributed by atoms with E-state index in [1.54, 1.807) is 16.8 Å². The molecule has 1 aliphatic heterocycles. The molecule has 1 aromatic heterocycles. The van der Waals surface area contributed by atoms with Gasteiger partial charge in [0.05, 0.1) is 5.57 Å². The van der Waals surface area contributed by atoms with E-state index in [2.05, 4.69) is 17.4 Å². The molecule has 1 unspecified atom stereocenters. The Kier molecular flexibility index (Phi) is 4.29. The molecule has 3 N–H and O–H groups in total. The molecule has 5 rings (SSSR count). The maximum atomic E-state index is 12.3. The number of benzene rings is 3. The Hall–Kier alpha value is -3.64. The Morgan fingerprint density at radius 2 is 1.80 bits per heavy atom. The molecule has 1 amide bonds. The fourth-order valence-corrected chi connectivity index (χ4v) is 4.08. The van der Waals surface area contributed by atoms with Gasteiger partial charge in [-0.3, -0.25) is 4.79 Å². The second-order valence-electron chi connectivity index (χ2n) is 7.21. The number of carbonyl (C=O) groups is 1. The SMILES string of the molecule is CC1=C(C(N)=O)C(c2ccc(Cl)cc2)n2nc(-c3cccc4ccccc34)nc2N1. The summed E-state index contributed by atoms with van der Waals surface area (Å²) in [4.78, 5) is 17.1. The van der Waals surface area contributed by atoms with Gasteiger partial charge in [-0.1, -0.05) is 66.2 Å². The maximum absolute atomic E-state index is 12.3. The molecule has 0 spiro atoms. The van der Waals surface area contributed by atoms with Crippen molar-refractivity contribution in [3.05, 3.63) is 88.6 Å². The molecule has 2 heterocycles. The van der Waals surface area contributed by atoms with Gasteiger partial charge in [-0.25, -0.2) is 4.68 Å². The fraction of sp³-hybridized carbons (Fsp3) is 0.0870. The zero-order valence-electron chi connectivity index (χ0n) is 16.1. The van der Waals surface area contributed by atoms with Crippen LogP contribution in [0.4, 0.5) is 5.95 Å². The topological polar surface area (TPSA) is 85.8 Å². The van der Waals surface area contributed by atoms with Gasteiger partial charge >= 0.3 is 0 Å². The number of hydrogen-bond donors (Lipinski definition) is 2. The standard InChI is InChI=1S/C23H18ClN5O/c1-13-19(21(25)30)20(15-9-11-16(24)12-10-15)29-23(26-13)27-22(28-29)18-8-4-6-14-5-2-3-7-17(14)18/h2-12,20H,1H3,(H2,25,30)(H,26,27,28). The number of halogens is 1. The molecule has 3 aromatic carbocycles. The number of primary amides is 1. The molecule has 0 fully saturated rings. The molecule has 0 saturated heterocycles. The first-order chi connectivity index (χ1) is 14.5. The van der Waals surface area contributed by atoms with E-state index in [4.69, 9.17) is 27.4 Å². The lowest BCUT2D eigenvalue weighted by Crippen LogP contribution is -2.31. The lowest BCUT2D eigenvalue weighted by atomic mass is 9.95. The Morgan fingerprint density at radius 3 is 2.57 bits per heavy atom. The lowest BCUT2D eigenvalue weighted by Gasteiger charge is -2.27. The molecule has 0 radical (unpaired) electrons. The van der Waals surface area contributed by atoms with Gasteiger partial charge in [0.1, 0.15) is 6.04 Å². The largest absolute Gasteiger partial charge is 0.366 e. The monoisotopic (exact) mass is 415 g/mol.